The van der Waals surface area contributed by atoms with Gasteiger partial charge in [0.1, 0.15) is 48.8 Å². The van der Waals surface area contributed by atoms with Crippen LogP contribution in [0.25, 0.3) is 0 Å². The van der Waals surface area contributed by atoms with E-state index in [0.717, 1.165) is 70.6 Å². The molecule has 0 aromatic carbocycles. The predicted molar refractivity (Wildman–Crippen MR) is 276 cm³/mol. The van der Waals surface area contributed by atoms with E-state index in [1.807, 2.05) is 0 Å². The molecule has 0 aromatic heterocycles. The van der Waals surface area contributed by atoms with E-state index in [1.165, 1.54) is 57.8 Å². The van der Waals surface area contributed by atoms with Crippen molar-refractivity contribution < 1.29 is 64.6 Å². The number of carbonyl (C=O) groups excluding carboxylic acids is 1. The van der Waals surface area contributed by atoms with Gasteiger partial charge in [-0.25, -0.2) is 0 Å². The van der Waals surface area contributed by atoms with E-state index >= 15 is 0 Å². The molecule has 14 nitrogen and oxygen atoms in total. The average Bonchev–Trinajstić information content (AvgIpc) is 3.36. The van der Waals surface area contributed by atoms with Crippen LogP contribution in [-0.2, 0) is 23.7 Å². The van der Waals surface area contributed by atoms with E-state index in [4.69, 9.17) is 18.9 Å². The summed E-state index contributed by atoms with van der Waals surface area (Å²) in [6, 6.07) is -0.864. The number of allylic oxidation sites excluding steroid dienone is 14. The van der Waals surface area contributed by atoms with Gasteiger partial charge < -0.3 is 65.1 Å². The van der Waals surface area contributed by atoms with Crippen LogP contribution in [-0.4, -0.2) is 140 Å². The van der Waals surface area contributed by atoms with E-state index in [2.05, 4.69) is 104 Å². The summed E-state index contributed by atoms with van der Waals surface area (Å²) in [4.78, 5) is 13.2. The highest BCUT2D eigenvalue weighted by molar-refractivity contribution is 5.76. The second kappa shape index (κ2) is 41.6. The Kier molecular flexibility index (Phi) is 37.6. The van der Waals surface area contributed by atoms with Crippen LogP contribution in [0.5, 0.6) is 0 Å². The molecule has 2 saturated heterocycles. The van der Waals surface area contributed by atoms with Gasteiger partial charge in [-0.2, -0.15) is 0 Å². The van der Waals surface area contributed by atoms with Gasteiger partial charge in [0.15, 0.2) is 12.6 Å². The van der Waals surface area contributed by atoms with Gasteiger partial charge in [0.05, 0.1) is 32.0 Å². The van der Waals surface area contributed by atoms with Crippen LogP contribution in [0.1, 0.15) is 168 Å². The summed E-state index contributed by atoms with van der Waals surface area (Å²) in [7, 11) is 0. The Morgan fingerprint density at radius 2 is 0.971 bits per heavy atom. The van der Waals surface area contributed by atoms with E-state index < -0.39 is 86.8 Å². The van der Waals surface area contributed by atoms with Crippen LogP contribution in [0.4, 0.5) is 0 Å². The van der Waals surface area contributed by atoms with Crippen molar-refractivity contribution >= 4 is 5.91 Å². The Morgan fingerprint density at radius 1 is 0.529 bits per heavy atom. The molecule has 0 radical (unpaired) electrons. The Balaban J connectivity index is 1.83. The van der Waals surface area contributed by atoms with Crippen molar-refractivity contribution in [3.8, 4) is 0 Å². The zero-order valence-electron chi connectivity index (χ0n) is 42.7. The monoisotopic (exact) mass is 990 g/mol. The number of aliphatic hydroxyl groups is 8. The summed E-state index contributed by atoms with van der Waals surface area (Å²) in [5, 5.41) is 86.9. The largest absolute Gasteiger partial charge is 0.394 e. The van der Waals surface area contributed by atoms with Crippen molar-refractivity contribution in [1.82, 2.24) is 5.32 Å². The Bertz CT molecular complexity index is 1500. The summed E-state index contributed by atoms with van der Waals surface area (Å²) < 4.78 is 22.7. The first-order valence-corrected chi connectivity index (χ1v) is 26.8. The van der Waals surface area contributed by atoms with Crippen LogP contribution in [0, 0.1) is 0 Å². The van der Waals surface area contributed by atoms with E-state index in [0.29, 0.717) is 19.3 Å². The minimum Gasteiger partial charge on any atom is -0.394 e. The SMILES string of the molecule is CC/C=C\C/C=C\C/C=C\C/C=C\C/C=C\C/C=C\C/C=C\CCCC(=O)NC(COC1OC(CO)C(OC2OC(CO)C(O)C(O)C2O)C(O)C1O)C(O)CCCCCCCCCCCCCCC. The first kappa shape index (κ1) is 63.3. The van der Waals surface area contributed by atoms with Gasteiger partial charge in [0.25, 0.3) is 0 Å². The van der Waals surface area contributed by atoms with Crippen LogP contribution >= 0.6 is 0 Å². The van der Waals surface area contributed by atoms with Crippen LogP contribution < -0.4 is 5.32 Å². The van der Waals surface area contributed by atoms with Gasteiger partial charge in [0, 0.05) is 6.42 Å². The quantitative estimate of drug-likeness (QED) is 0.0212. The molecule has 0 aromatic rings. The van der Waals surface area contributed by atoms with Crippen LogP contribution in [0.3, 0.4) is 0 Å². The van der Waals surface area contributed by atoms with Crippen molar-refractivity contribution in [2.75, 3.05) is 19.8 Å². The van der Waals surface area contributed by atoms with Gasteiger partial charge in [-0.3, -0.25) is 4.79 Å². The summed E-state index contributed by atoms with van der Waals surface area (Å²) in [6.45, 7) is 2.68. The number of unbranched alkanes of at least 4 members (excludes halogenated alkanes) is 13. The lowest BCUT2D eigenvalue weighted by Gasteiger charge is -2.46. The third-order valence-corrected chi connectivity index (χ3v) is 12.6. The average molecular weight is 990 g/mol. The summed E-state index contributed by atoms with van der Waals surface area (Å²) >= 11 is 0. The third kappa shape index (κ3) is 27.8. The molecule has 402 valence electrons. The molecule has 9 N–H and O–H groups in total. The highest BCUT2D eigenvalue weighted by Gasteiger charge is 2.51. The van der Waals surface area contributed by atoms with Crippen molar-refractivity contribution in [2.45, 2.75) is 242 Å². The van der Waals surface area contributed by atoms with Crippen molar-refractivity contribution in [3.63, 3.8) is 0 Å². The molecule has 1 amide bonds. The fraction of sp³-hybridized carbons (Fsp3) is 0.732. The van der Waals surface area contributed by atoms with E-state index in [-0.39, 0.29) is 18.9 Å². The number of nitrogens with one attached hydrogen (secondary N) is 1. The second-order valence-corrected chi connectivity index (χ2v) is 18.6. The molecule has 2 aliphatic heterocycles. The molecule has 0 aliphatic carbocycles. The molecule has 2 aliphatic rings. The maximum Gasteiger partial charge on any atom is 0.220 e. The maximum absolute atomic E-state index is 13.2. The molecule has 0 spiro atoms. The van der Waals surface area contributed by atoms with Crippen molar-refractivity contribution in [2.24, 2.45) is 0 Å². The van der Waals surface area contributed by atoms with Gasteiger partial charge in [-0.1, -0.05) is 182 Å². The molecule has 2 fully saturated rings. The van der Waals surface area contributed by atoms with Crippen molar-refractivity contribution in [3.05, 3.63) is 85.1 Å². The fourth-order valence-corrected chi connectivity index (χ4v) is 8.28. The van der Waals surface area contributed by atoms with Crippen LogP contribution in [0.2, 0.25) is 0 Å². The smallest absolute Gasteiger partial charge is 0.220 e. The lowest BCUT2D eigenvalue weighted by atomic mass is 9.97. The third-order valence-electron chi connectivity index (χ3n) is 12.6. The molecule has 2 rings (SSSR count). The first-order valence-electron chi connectivity index (χ1n) is 26.8. The Morgan fingerprint density at radius 3 is 1.46 bits per heavy atom. The molecule has 12 atom stereocenters. The Hall–Kier alpha value is -2.83. The highest BCUT2D eigenvalue weighted by atomic mass is 16.7. The predicted octanol–water partition coefficient (Wildman–Crippen LogP) is 7.77. The summed E-state index contributed by atoms with van der Waals surface area (Å²) in [5.74, 6) is -0.269. The number of aliphatic hydroxyl groups excluding tert-OH is 8. The van der Waals surface area contributed by atoms with E-state index in [9.17, 15) is 45.6 Å². The molecular formula is C56H95NO13. The van der Waals surface area contributed by atoms with Gasteiger partial charge in [-0.15, -0.1) is 0 Å². The summed E-state index contributed by atoms with van der Waals surface area (Å²) in [5.41, 5.74) is 0. The Labute approximate surface area is 420 Å². The fourth-order valence-electron chi connectivity index (χ4n) is 8.28. The maximum atomic E-state index is 13.2. The van der Waals surface area contributed by atoms with Gasteiger partial charge >= 0.3 is 0 Å². The molecule has 2 heterocycles. The lowest BCUT2D eigenvalue weighted by molar-refractivity contribution is -0.359. The normalized spacial score (nSPS) is 26.7. The highest BCUT2D eigenvalue weighted by Crippen LogP contribution is 2.30. The number of hydrogen-bond acceptors (Lipinski definition) is 13. The van der Waals surface area contributed by atoms with E-state index in [1.54, 1.807) is 0 Å². The molecule has 14 heteroatoms. The molecular weight excluding hydrogens is 895 g/mol. The minimum atomic E-state index is -1.79. The topological polar surface area (TPSA) is 228 Å². The number of hydrogen-bond donors (Lipinski definition) is 9. The molecule has 0 saturated carbocycles. The van der Waals surface area contributed by atoms with Crippen molar-refractivity contribution in [1.29, 1.82) is 0 Å². The molecule has 12 unspecified atom stereocenters. The minimum absolute atomic E-state index is 0.219. The number of carbonyl (C=O) groups is 1. The molecule has 70 heavy (non-hydrogen) atoms. The summed E-state index contributed by atoms with van der Waals surface area (Å²) in [6.07, 6.45) is 37.3. The number of rotatable bonds is 40. The lowest BCUT2D eigenvalue weighted by Crippen LogP contribution is -2.65. The van der Waals surface area contributed by atoms with Gasteiger partial charge in [-0.05, 0) is 64.2 Å². The zero-order valence-corrected chi connectivity index (χ0v) is 42.7. The first-order chi connectivity index (χ1) is 34.1. The zero-order chi connectivity index (χ0) is 51.0. The number of amides is 1. The second-order valence-electron chi connectivity index (χ2n) is 18.6. The molecule has 0 bridgehead atoms. The number of ether oxygens (including phenoxy) is 4. The van der Waals surface area contributed by atoms with Crippen LogP contribution in [0.15, 0.2) is 85.1 Å². The van der Waals surface area contributed by atoms with Gasteiger partial charge in [0.2, 0.25) is 5.91 Å². The standard InChI is InChI=1S/C56H95NO13/c1-3-5-7-9-11-13-15-17-18-19-20-21-22-23-24-25-26-28-30-32-34-36-38-40-48(61)57-44(45(60)39-37-35-33-31-29-27-16-14-12-10-8-6-4-2)43-67-55-53(66)51(64)54(47(42-59)69-55)70-56-52(65)50(63)49(62)46(41-58)68-56/h5,7,11,13,17-18,20-21,23-24,26,28,32,34,44-47,49-56,58-60,62-66H,3-4,6,8-10,12,14-16,19,22,25,27,29-31,33,35-43H2,1-2H3,(H,57,61)/b7-5-,13-11-,18-17-,21-20-,24-23-,28-26-,34-32-.